The minimum absolute atomic E-state index is 0.0874. The van der Waals surface area contributed by atoms with Gasteiger partial charge in [0.2, 0.25) is 12.1 Å². The van der Waals surface area contributed by atoms with Gasteiger partial charge in [-0.15, -0.1) is 0 Å². The van der Waals surface area contributed by atoms with E-state index >= 15 is 0 Å². The van der Waals surface area contributed by atoms with Crippen LogP contribution < -0.4 is 0 Å². The van der Waals surface area contributed by atoms with Gasteiger partial charge >= 0.3 is 12.2 Å². The Hall–Kier alpha value is -3.07. The van der Waals surface area contributed by atoms with Crippen LogP contribution in [0.5, 0.6) is 0 Å². The van der Waals surface area contributed by atoms with Crippen LogP contribution in [-0.4, -0.2) is 58.1 Å². The second-order valence-corrected chi connectivity index (χ2v) is 7.22. The summed E-state index contributed by atoms with van der Waals surface area (Å²) in [6.45, 7) is 5.54. The Balaban J connectivity index is 1.60. The highest BCUT2D eigenvalue weighted by Gasteiger charge is 2.61. The molecule has 5 rings (SSSR count). The molecule has 1 aromatic carbocycles. The molecule has 0 aromatic heterocycles. The van der Waals surface area contributed by atoms with E-state index in [-0.39, 0.29) is 25.0 Å². The predicted octanol–water partition coefficient (Wildman–Crippen LogP) is 2.45. The van der Waals surface area contributed by atoms with Crippen molar-refractivity contribution in [2.45, 2.75) is 45.7 Å². The first-order chi connectivity index (χ1) is 13.9. The molecule has 4 heterocycles. The smallest absolute Gasteiger partial charge is 0.435 e. The van der Waals surface area contributed by atoms with E-state index in [9.17, 15) is 14.4 Å². The maximum absolute atomic E-state index is 12.8. The number of benzene rings is 1. The summed E-state index contributed by atoms with van der Waals surface area (Å²) in [4.78, 5) is 43.7. The summed E-state index contributed by atoms with van der Waals surface area (Å²) < 4.78 is 10.5. The van der Waals surface area contributed by atoms with Gasteiger partial charge in [-0.05, 0) is 31.1 Å². The molecule has 9 heteroatoms. The van der Waals surface area contributed by atoms with E-state index in [1.165, 1.54) is 5.01 Å². The van der Waals surface area contributed by atoms with Gasteiger partial charge in [-0.25, -0.2) is 19.4 Å². The van der Waals surface area contributed by atoms with Gasteiger partial charge in [0.15, 0.2) is 0 Å². The van der Waals surface area contributed by atoms with Crippen LogP contribution in [-0.2, 0) is 25.7 Å². The van der Waals surface area contributed by atoms with Gasteiger partial charge in [0.05, 0.1) is 18.6 Å². The monoisotopic (exact) mass is 401 g/mol. The molecule has 1 aromatic rings. The molecular weight excluding hydrogens is 378 g/mol. The zero-order valence-electron chi connectivity index (χ0n) is 16.5. The van der Waals surface area contributed by atoms with Crippen molar-refractivity contribution in [3.8, 4) is 0 Å². The Morgan fingerprint density at radius 3 is 2.55 bits per heavy atom. The van der Waals surface area contributed by atoms with Crippen LogP contribution in [0.2, 0.25) is 0 Å². The fourth-order valence-electron chi connectivity index (χ4n) is 3.98. The Bertz CT molecular complexity index is 857. The summed E-state index contributed by atoms with van der Waals surface area (Å²) in [7, 11) is 0. The lowest BCUT2D eigenvalue weighted by atomic mass is 9.82. The molecule has 0 N–H and O–H groups in total. The third-order valence-electron chi connectivity index (χ3n) is 5.39. The minimum Gasteiger partial charge on any atom is -0.448 e. The summed E-state index contributed by atoms with van der Waals surface area (Å²) in [5.41, 5.74) is 1.66. The molecule has 3 amide bonds. The van der Waals surface area contributed by atoms with Gasteiger partial charge in [-0.2, -0.15) is 10.1 Å². The Morgan fingerprint density at radius 2 is 1.86 bits per heavy atom. The third-order valence-corrected chi connectivity index (χ3v) is 5.39. The summed E-state index contributed by atoms with van der Waals surface area (Å²) in [5, 5.41) is 3.63. The molecule has 0 unspecified atom stereocenters. The predicted molar refractivity (Wildman–Crippen MR) is 99.5 cm³/mol. The molecule has 0 aliphatic carbocycles. The minimum atomic E-state index is -0.976. The number of hydroxylamine groups is 2. The number of ether oxygens (including phenoxy) is 2. The van der Waals surface area contributed by atoms with Crippen LogP contribution in [0.15, 0.2) is 42.0 Å². The summed E-state index contributed by atoms with van der Waals surface area (Å²) >= 11 is 0. The first kappa shape index (κ1) is 19.3. The fraction of sp³-hybridized carbons (Fsp3) is 0.450. The molecule has 2 bridgehead atoms. The lowest BCUT2D eigenvalue weighted by Gasteiger charge is -2.50. The van der Waals surface area contributed by atoms with Crippen molar-refractivity contribution in [3.63, 3.8) is 0 Å². The number of β-lactam (4-membered cyclic amide) rings is 1. The first-order valence-corrected chi connectivity index (χ1v) is 9.58. The molecule has 0 saturated carbocycles. The van der Waals surface area contributed by atoms with E-state index < -0.39 is 30.5 Å². The number of rotatable bonds is 3. The van der Waals surface area contributed by atoms with E-state index in [0.717, 1.165) is 21.2 Å². The first-order valence-electron chi connectivity index (χ1n) is 9.58. The summed E-state index contributed by atoms with van der Waals surface area (Å²) in [5.74, 6) is -0.602. The van der Waals surface area contributed by atoms with Crippen LogP contribution in [0.3, 0.4) is 0 Å². The van der Waals surface area contributed by atoms with Gasteiger partial charge < -0.3 is 9.47 Å². The maximum Gasteiger partial charge on any atom is 0.435 e. The molecular formula is C20H23N3O6. The van der Waals surface area contributed by atoms with Gasteiger partial charge in [0.25, 0.3) is 0 Å². The normalized spacial score (nSPS) is 27.6. The summed E-state index contributed by atoms with van der Waals surface area (Å²) in [6.07, 6.45) is -0.627. The number of hydrazine groups is 1. The third kappa shape index (κ3) is 3.11. The van der Waals surface area contributed by atoms with Crippen LogP contribution in [0.4, 0.5) is 9.59 Å². The fourth-order valence-corrected chi connectivity index (χ4v) is 3.98. The Kier molecular flexibility index (Phi) is 4.91. The number of carbonyl (C=O) groups excluding carboxylic acids is 3. The van der Waals surface area contributed by atoms with Gasteiger partial charge in [0, 0.05) is 0 Å². The van der Waals surface area contributed by atoms with Gasteiger partial charge in [-0.3, -0.25) is 4.79 Å². The van der Waals surface area contributed by atoms with Crippen molar-refractivity contribution in [1.82, 2.24) is 15.1 Å². The molecule has 4 atom stereocenters. The van der Waals surface area contributed by atoms with E-state index in [1.807, 2.05) is 37.3 Å². The molecule has 9 nitrogen and oxygen atoms in total. The topological polar surface area (TPSA) is 88.6 Å². The largest absolute Gasteiger partial charge is 0.448 e. The zero-order chi connectivity index (χ0) is 20.7. The van der Waals surface area contributed by atoms with Crippen molar-refractivity contribution in [1.29, 1.82) is 0 Å². The molecule has 0 spiro atoms. The van der Waals surface area contributed by atoms with Gasteiger partial charge in [0.1, 0.15) is 12.6 Å². The van der Waals surface area contributed by atoms with Crippen molar-refractivity contribution in [3.05, 3.63) is 47.5 Å². The highest BCUT2D eigenvalue weighted by atomic mass is 16.8. The van der Waals surface area contributed by atoms with Crippen LogP contribution >= 0.6 is 0 Å². The standard InChI is InChI=1S/C20H23N3O6/c1-4-27-19(25)21-15-10-12(2)16(17-13(3)18(24)22(17)21)23(29-15)20(26)28-11-14-8-6-5-7-9-14/h5-10,13,15-17H,4,11H2,1-3H3/t13-,15+,16-,17-/m0/s1. The molecule has 2 fully saturated rings. The molecule has 4 aliphatic rings. The van der Waals surface area contributed by atoms with E-state index in [1.54, 1.807) is 19.9 Å². The number of fused-ring (bicyclic) bond motifs is 1. The highest BCUT2D eigenvalue weighted by Crippen LogP contribution is 2.43. The number of hydrogen-bond donors (Lipinski definition) is 0. The maximum atomic E-state index is 12.8. The second kappa shape index (κ2) is 7.40. The van der Waals surface area contributed by atoms with Crippen molar-refractivity contribution in [2.24, 2.45) is 5.92 Å². The number of amides is 3. The average molecular weight is 401 g/mol. The highest BCUT2D eigenvalue weighted by molar-refractivity contribution is 5.89. The Morgan fingerprint density at radius 1 is 1.14 bits per heavy atom. The van der Waals surface area contributed by atoms with Crippen LogP contribution in [0.1, 0.15) is 26.3 Å². The second-order valence-electron chi connectivity index (χ2n) is 7.22. The Labute approximate surface area is 168 Å². The van der Waals surface area contributed by atoms with Crippen molar-refractivity contribution < 1.29 is 28.7 Å². The molecule has 29 heavy (non-hydrogen) atoms. The molecule has 154 valence electrons. The van der Waals surface area contributed by atoms with Gasteiger partial charge in [-0.1, -0.05) is 37.3 Å². The van der Waals surface area contributed by atoms with E-state index in [4.69, 9.17) is 14.3 Å². The van der Waals surface area contributed by atoms with Crippen molar-refractivity contribution >= 4 is 18.1 Å². The molecule has 2 saturated heterocycles. The lowest BCUT2D eigenvalue weighted by molar-refractivity contribution is -0.219. The van der Waals surface area contributed by atoms with Crippen LogP contribution in [0.25, 0.3) is 0 Å². The lowest BCUT2D eigenvalue weighted by Crippen LogP contribution is -2.71. The number of carbonyl (C=O) groups is 3. The SMILES string of the molecule is CCOC(=O)N1[C@H]2C=C(C)[C@@H]([C@@H]3[C@H](C)C(=O)N31)N(C(=O)OCc1ccccc1)O2. The van der Waals surface area contributed by atoms with Crippen molar-refractivity contribution in [2.75, 3.05) is 6.61 Å². The number of hydrogen-bond acceptors (Lipinski definition) is 6. The average Bonchev–Trinajstić information content (AvgIpc) is 2.93. The zero-order valence-corrected chi connectivity index (χ0v) is 16.5. The molecule has 0 radical (unpaired) electrons. The molecule has 4 aliphatic heterocycles. The van der Waals surface area contributed by atoms with E-state index in [0.29, 0.717) is 0 Å². The van der Waals surface area contributed by atoms with E-state index in [2.05, 4.69) is 0 Å². The van der Waals surface area contributed by atoms with Crippen LogP contribution in [0, 0.1) is 5.92 Å². The quantitative estimate of drug-likeness (QED) is 0.571. The summed E-state index contributed by atoms with van der Waals surface area (Å²) in [6, 6.07) is 8.30. The number of nitrogens with zero attached hydrogens (tertiary/aromatic N) is 3.